The van der Waals surface area contributed by atoms with Crippen molar-refractivity contribution >= 4 is 39.1 Å². The van der Waals surface area contributed by atoms with Crippen LogP contribution >= 0.6 is 11.6 Å². The van der Waals surface area contributed by atoms with E-state index < -0.39 is 16.1 Å². The third kappa shape index (κ3) is 10.3. The third-order valence-electron chi connectivity index (χ3n) is 6.97. The highest BCUT2D eigenvalue weighted by molar-refractivity contribution is 7.92. The van der Waals surface area contributed by atoms with Crippen LogP contribution in [-0.4, -0.2) is 57.6 Å². The van der Waals surface area contributed by atoms with E-state index in [2.05, 4.69) is 5.32 Å². The molecule has 0 aliphatic heterocycles. The van der Waals surface area contributed by atoms with Crippen LogP contribution < -0.4 is 14.4 Å². The van der Waals surface area contributed by atoms with Gasteiger partial charge < -0.3 is 15.0 Å². The molecule has 43 heavy (non-hydrogen) atoms. The standard InChI is InChI=1S/C33H42ClN3O5S/c1-24(2)22-35-33(39)30(20-26-12-7-6-8-13-26)36(23-27-14-9-11-25(3)19-27)32(38)15-10-18-37(43(5,40)41)28-16-17-31(42-4)29(34)21-28/h6-9,11-14,16-17,19,21,24,30H,10,15,18,20,22-23H2,1-5H3,(H,35,39). The van der Waals surface area contributed by atoms with Crippen molar-refractivity contribution in [1.29, 1.82) is 0 Å². The number of nitrogens with zero attached hydrogens (tertiary/aromatic N) is 2. The van der Waals surface area contributed by atoms with Gasteiger partial charge in [-0.1, -0.05) is 85.6 Å². The van der Waals surface area contributed by atoms with Crippen LogP contribution in [-0.2, 0) is 32.6 Å². The molecular weight excluding hydrogens is 586 g/mol. The van der Waals surface area contributed by atoms with Gasteiger partial charge in [-0.25, -0.2) is 8.42 Å². The summed E-state index contributed by atoms with van der Waals surface area (Å²) < 4.78 is 31.8. The minimum absolute atomic E-state index is 0.0461. The molecule has 1 N–H and O–H groups in total. The van der Waals surface area contributed by atoms with Crippen molar-refractivity contribution in [2.45, 2.75) is 52.6 Å². The normalized spacial score (nSPS) is 12.1. The van der Waals surface area contributed by atoms with Crippen molar-refractivity contribution < 1.29 is 22.7 Å². The molecule has 1 atom stereocenters. The van der Waals surface area contributed by atoms with Gasteiger partial charge in [0, 0.05) is 32.5 Å². The summed E-state index contributed by atoms with van der Waals surface area (Å²) in [6, 6.07) is 21.5. The molecular formula is C33H42ClN3O5S. The van der Waals surface area contributed by atoms with Crippen molar-refractivity contribution in [1.82, 2.24) is 10.2 Å². The van der Waals surface area contributed by atoms with Crippen molar-refractivity contribution in [3.63, 3.8) is 0 Å². The second-order valence-corrected chi connectivity index (χ2v) is 13.4. The number of aryl methyl sites for hydroxylation is 1. The van der Waals surface area contributed by atoms with E-state index in [4.69, 9.17) is 16.3 Å². The largest absolute Gasteiger partial charge is 0.495 e. The van der Waals surface area contributed by atoms with Crippen molar-refractivity contribution in [2.24, 2.45) is 5.92 Å². The number of rotatable bonds is 15. The summed E-state index contributed by atoms with van der Waals surface area (Å²) in [7, 11) is -2.18. The zero-order chi connectivity index (χ0) is 31.6. The average molecular weight is 628 g/mol. The molecule has 3 aromatic carbocycles. The highest BCUT2D eigenvalue weighted by Crippen LogP contribution is 2.30. The van der Waals surface area contributed by atoms with Gasteiger partial charge in [0.05, 0.1) is 24.1 Å². The minimum atomic E-state index is -3.67. The summed E-state index contributed by atoms with van der Waals surface area (Å²) in [6.45, 7) is 6.82. The molecule has 0 heterocycles. The second kappa shape index (κ2) is 15.8. The van der Waals surface area contributed by atoms with E-state index in [0.717, 1.165) is 22.9 Å². The van der Waals surface area contributed by atoms with Crippen LogP contribution in [0.5, 0.6) is 5.75 Å². The third-order valence-corrected chi connectivity index (χ3v) is 8.46. The van der Waals surface area contributed by atoms with Crippen LogP contribution in [0.2, 0.25) is 5.02 Å². The molecule has 8 nitrogen and oxygen atoms in total. The van der Waals surface area contributed by atoms with Crippen LogP contribution in [0.3, 0.4) is 0 Å². The van der Waals surface area contributed by atoms with E-state index in [1.165, 1.54) is 17.5 Å². The van der Waals surface area contributed by atoms with Crippen molar-refractivity contribution in [3.05, 3.63) is 94.5 Å². The van der Waals surface area contributed by atoms with Crippen LogP contribution in [0.1, 0.15) is 43.4 Å². The van der Waals surface area contributed by atoms with Gasteiger partial charge in [-0.2, -0.15) is 0 Å². The van der Waals surface area contributed by atoms with Gasteiger partial charge in [0.15, 0.2) is 0 Å². The summed E-state index contributed by atoms with van der Waals surface area (Å²) in [6.07, 6.45) is 1.75. The summed E-state index contributed by atoms with van der Waals surface area (Å²) in [4.78, 5) is 29.2. The number of methoxy groups -OCH3 is 1. The Balaban J connectivity index is 1.89. The predicted molar refractivity (Wildman–Crippen MR) is 173 cm³/mol. The summed E-state index contributed by atoms with van der Waals surface area (Å²) >= 11 is 6.27. The quantitative estimate of drug-likeness (QED) is 0.236. The molecule has 0 spiro atoms. The molecule has 3 rings (SSSR count). The molecule has 3 aromatic rings. The van der Waals surface area contributed by atoms with E-state index >= 15 is 0 Å². The molecule has 0 fully saturated rings. The Labute approximate surface area is 261 Å². The average Bonchev–Trinajstić information content (AvgIpc) is 2.95. The van der Waals surface area contributed by atoms with Gasteiger partial charge in [0.1, 0.15) is 11.8 Å². The molecule has 0 aromatic heterocycles. The van der Waals surface area contributed by atoms with E-state index in [1.54, 1.807) is 17.0 Å². The fourth-order valence-electron chi connectivity index (χ4n) is 4.80. The maximum absolute atomic E-state index is 14.0. The van der Waals surface area contributed by atoms with Gasteiger partial charge >= 0.3 is 0 Å². The van der Waals surface area contributed by atoms with Crippen molar-refractivity contribution in [2.75, 3.05) is 30.8 Å². The monoisotopic (exact) mass is 627 g/mol. The molecule has 10 heteroatoms. The molecule has 1 unspecified atom stereocenters. The Bertz CT molecular complexity index is 1480. The first-order valence-electron chi connectivity index (χ1n) is 14.4. The Morgan fingerprint density at radius 3 is 2.28 bits per heavy atom. The van der Waals surface area contributed by atoms with Gasteiger partial charge in [0.25, 0.3) is 0 Å². The number of hydrogen-bond acceptors (Lipinski definition) is 5. The highest BCUT2D eigenvalue weighted by atomic mass is 35.5. The summed E-state index contributed by atoms with van der Waals surface area (Å²) in [5.41, 5.74) is 3.28. The smallest absolute Gasteiger partial charge is 0.243 e. The summed E-state index contributed by atoms with van der Waals surface area (Å²) in [5.74, 6) is 0.226. The molecule has 0 saturated carbocycles. The number of amides is 2. The topological polar surface area (TPSA) is 96.0 Å². The van der Waals surface area contributed by atoms with E-state index in [-0.39, 0.29) is 48.7 Å². The van der Waals surface area contributed by atoms with E-state index in [9.17, 15) is 18.0 Å². The first-order valence-corrected chi connectivity index (χ1v) is 16.6. The number of nitrogens with one attached hydrogen (secondary N) is 1. The van der Waals surface area contributed by atoms with Gasteiger partial charge in [-0.3, -0.25) is 13.9 Å². The Hall–Kier alpha value is -3.56. The zero-order valence-corrected chi connectivity index (χ0v) is 27.1. The number of ether oxygens (including phenoxy) is 1. The van der Waals surface area contributed by atoms with Gasteiger partial charge in [0.2, 0.25) is 21.8 Å². The number of anilines is 1. The molecule has 0 radical (unpaired) electrons. The predicted octanol–water partition coefficient (Wildman–Crippen LogP) is 5.62. The molecule has 2 amide bonds. The lowest BCUT2D eigenvalue weighted by molar-refractivity contribution is -0.141. The van der Waals surface area contributed by atoms with Crippen LogP contribution in [0, 0.1) is 12.8 Å². The molecule has 0 aliphatic rings. The fraction of sp³-hybridized carbons (Fsp3) is 0.394. The van der Waals surface area contributed by atoms with E-state index in [1.807, 2.05) is 75.4 Å². The lowest BCUT2D eigenvalue weighted by Gasteiger charge is -2.32. The number of carbonyl (C=O) groups excluding carboxylic acids is 2. The maximum atomic E-state index is 14.0. The second-order valence-electron chi connectivity index (χ2n) is 11.1. The van der Waals surface area contributed by atoms with Crippen LogP contribution in [0.15, 0.2) is 72.8 Å². The highest BCUT2D eigenvalue weighted by Gasteiger charge is 2.30. The zero-order valence-electron chi connectivity index (χ0n) is 25.5. The first-order chi connectivity index (χ1) is 20.4. The van der Waals surface area contributed by atoms with Crippen LogP contribution in [0.4, 0.5) is 5.69 Å². The summed E-state index contributed by atoms with van der Waals surface area (Å²) in [5, 5.41) is 3.30. The molecule has 0 saturated heterocycles. The number of halogens is 1. The Kier molecular flexibility index (Phi) is 12.5. The fourth-order valence-corrected chi connectivity index (χ4v) is 6.01. The minimum Gasteiger partial charge on any atom is -0.495 e. The number of sulfonamides is 1. The molecule has 232 valence electrons. The van der Waals surface area contributed by atoms with Gasteiger partial charge in [-0.15, -0.1) is 0 Å². The first kappa shape index (κ1) is 33.9. The Morgan fingerprint density at radius 2 is 1.67 bits per heavy atom. The van der Waals surface area contributed by atoms with Crippen LogP contribution in [0.25, 0.3) is 0 Å². The SMILES string of the molecule is COc1ccc(N(CCCC(=O)N(Cc2cccc(C)c2)C(Cc2ccccc2)C(=O)NCC(C)C)S(C)(=O)=O)cc1Cl. The lowest BCUT2D eigenvalue weighted by atomic mass is 10.0. The number of benzene rings is 3. The van der Waals surface area contributed by atoms with Crippen molar-refractivity contribution in [3.8, 4) is 5.75 Å². The molecule has 0 aliphatic carbocycles. The number of carbonyl (C=O) groups is 2. The number of hydrogen-bond donors (Lipinski definition) is 1. The Morgan fingerprint density at radius 1 is 0.977 bits per heavy atom. The lowest BCUT2D eigenvalue weighted by Crippen LogP contribution is -2.51. The maximum Gasteiger partial charge on any atom is 0.243 e. The van der Waals surface area contributed by atoms with Gasteiger partial charge in [-0.05, 0) is 48.6 Å². The van der Waals surface area contributed by atoms with E-state index in [0.29, 0.717) is 24.4 Å². The molecule has 0 bridgehead atoms.